The highest BCUT2D eigenvalue weighted by atomic mass is 127. The van der Waals surface area contributed by atoms with Crippen LogP contribution in [0.3, 0.4) is 0 Å². The van der Waals surface area contributed by atoms with Crippen molar-refractivity contribution in [2.45, 2.75) is 4.90 Å². The topological polar surface area (TPSA) is 66.5 Å². The van der Waals surface area contributed by atoms with Gasteiger partial charge in [0.1, 0.15) is 6.54 Å². The Bertz CT molecular complexity index is 1050. The lowest BCUT2D eigenvalue weighted by Crippen LogP contribution is -2.38. The van der Waals surface area contributed by atoms with Crippen LogP contribution in [0.5, 0.6) is 0 Å². The number of amides is 1. The highest BCUT2D eigenvalue weighted by Gasteiger charge is 2.27. The van der Waals surface area contributed by atoms with E-state index in [9.17, 15) is 13.2 Å². The Morgan fingerprint density at radius 1 is 0.821 bits per heavy atom. The molecule has 28 heavy (non-hydrogen) atoms. The SMILES string of the molecule is O=C(CN(c1ccc(I)cc1)S(=O)(=O)c1ccccc1)Nc1ccc(I)cc1. The summed E-state index contributed by atoms with van der Waals surface area (Å²) in [6.45, 7) is -0.330. The molecular formula is C20H16I2N2O3S. The summed E-state index contributed by atoms with van der Waals surface area (Å²) in [4.78, 5) is 12.7. The zero-order chi connectivity index (χ0) is 20.1. The smallest absolute Gasteiger partial charge is 0.264 e. The zero-order valence-corrected chi connectivity index (χ0v) is 19.7. The maximum Gasteiger partial charge on any atom is 0.264 e. The highest BCUT2D eigenvalue weighted by molar-refractivity contribution is 14.1. The average molecular weight is 618 g/mol. The van der Waals surface area contributed by atoms with Gasteiger partial charge in [-0.2, -0.15) is 0 Å². The van der Waals surface area contributed by atoms with E-state index in [1.165, 1.54) is 12.1 Å². The summed E-state index contributed by atoms with van der Waals surface area (Å²) in [7, 11) is -3.89. The van der Waals surface area contributed by atoms with Crippen molar-refractivity contribution in [2.75, 3.05) is 16.2 Å². The maximum absolute atomic E-state index is 13.2. The van der Waals surface area contributed by atoms with Crippen LogP contribution in [-0.4, -0.2) is 20.9 Å². The molecular weight excluding hydrogens is 602 g/mol. The normalized spacial score (nSPS) is 11.1. The van der Waals surface area contributed by atoms with Crippen LogP contribution in [0.4, 0.5) is 11.4 Å². The predicted octanol–water partition coefficient (Wildman–Crippen LogP) is 4.73. The number of halogens is 2. The first kappa shape index (κ1) is 21.1. The van der Waals surface area contributed by atoms with E-state index < -0.39 is 15.9 Å². The van der Waals surface area contributed by atoms with E-state index >= 15 is 0 Å². The molecule has 0 spiro atoms. The largest absolute Gasteiger partial charge is 0.325 e. The van der Waals surface area contributed by atoms with E-state index in [1.807, 2.05) is 12.1 Å². The quantitative estimate of drug-likeness (QED) is 0.407. The minimum Gasteiger partial charge on any atom is -0.325 e. The summed E-state index contributed by atoms with van der Waals surface area (Å²) in [5.74, 6) is -0.417. The van der Waals surface area contributed by atoms with E-state index in [1.54, 1.807) is 54.6 Å². The molecule has 0 aliphatic rings. The van der Waals surface area contributed by atoms with Crippen LogP contribution in [0.25, 0.3) is 0 Å². The number of nitrogens with zero attached hydrogens (tertiary/aromatic N) is 1. The number of benzene rings is 3. The number of sulfonamides is 1. The van der Waals surface area contributed by atoms with Crippen molar-refractivity contribution in [2.24, 2.45) is 0 Å². The van der Waals surface area contributed by atoms with E-state index in [4.69, 9.17) is 0 Å². The third kappa shape index (κ3) is 5.23. The molecule has 1 N–H and O–H groups in total. The van der Waals surface area contributed by atoms with Gasteiger partial charge in [-0.1, -0.05) is 18.2 Å². The molecule has 0 atom stereocenters. The fourth-order valence-electron chi connectivity index (χ4n) is 2.51. The molecule has 0 saturated carbocycles. The lowest BCUT2D eigenvalue weighted by molar-refractivity contribution is -0.114. The molecule has 3 rings (SSSR count). The summed E-state index contributed by atoms with van der Waals surface area (Å²) >= 11 is 4.32. The number of anilines is 2. The van der Waals surface area contributed by atoms with Crippen molar-refractivity contribution in [3.63, 3.8) is 0 Å². The van der Waals surface area contributed by atoms with Crippen molar-refractivity contribution in [1.29, 1.82) is 0 Å². The lowest BCUT2D eigenvalue weighted by Gasteiger charge is -2.24. The van der Waals surface area contributed by atoms with Crippen LogP contribution in [-0.2, 0) is 14.8 Å². The summed E-state index contributed by atoms with van der Waals surface area (Å²) in [5, 5.41) is 2.75. The molecule has 0 bridgehead atoms. The van der Waals surface area contributed by atoms with E-state index in [0.717, 1.165) is 11.4 Å². The number of carbonyl (C=O) groups excluding carboxylic acids is 1. The minimum absolute atomic E-state index is 0.135. The molecule has 3 aromatic rings. The maximum atomic E-state index is 13.2. The molecule has 8 heteroatoms. The standard InChI is InChI=1S/C20H16I2N2O3S/c21-15-6-10-17(11-7-15)23-20(25)14-24(18-12-8-16(22)9-13-18)28(26,27)19-4-2-1-3-5-19/h1-13H,14H2,(H,23,25). The predicted molar refractivity (Wildman–Crippen MR) is 128 cm³/mol. The molecule has 1 amide bonds. The van der Waals surface area contributed by atoms with Gasteiger partial charge in [0, 0.05) is 12.8 Å². The molecule has 0 aliphatic carbocycles. The molecule has 0 aliphatic heterocycles. The van der Waals surface area contributed by atoms with Crippen LogP contribution < -0.4 is 9.62 Å². The van der Waals surface area contributed by atoms with Crippen molar-refractivity contribution >= 4 is 72.5 Å². The van der Waals surface area contributed by atoms with Crippen molar-refractivity contribution in [1.82, 2.24) is 0 Å². The number of hydrogen-bond donors (Lipinski definition) is 1. The van der Waals surface area contributed by atoms with Gasteiger partial charge in [0.05, 0.1) is 10.6 Å². The first-order valence-corrected chi connectivity index (χ1v) is 11.8. The summed E-state index contributed by atoms with van der Waals surface area (Å²) < 4.78 is 29.5. The Morgan fingerprint density at radius 3 is 1.93 bits per heavy atom. The van der Waals surface area contributed by atoms with E-state index in [-0.39, 0.29) is 11.4 Å². The summed E-state index contributed by atoms with van der Waals surface area (Å²) in [5.41, 5.74) is 1.05. The van der Waals surface area contributed by atoms with E-state index in [2.05, 4.69) is 50.5 Å². The Hall–Kier alpha value is -1.66. The number of hydrogen-bond acceptors (Lipinski definition) is 3. The van der Waals surface area contributed by atoms with Crippen LogP contribution in [0.2, 0.25) is 0 Å². The molecule has 0 fully saturated rings. The second kappa shape index (κ2) is 9.23. The fraction of sp³-hybridized carbons (Fsp3) is 0.0500. The Balaban J connectivity index is 1.91. The number of carbonyl (C=O) groups is 1. The van der Waals surface area contributed by atoms with Crippen LogP contribution in [0, 0.1) is 7.14 Å². The van der Waals surface area contributed by atoms with Crippen molar-refractivity contribution in [3.8, 4) is 0 Å². The molecule has 144 valence electrons. The van der Waals surface area contributed by atoms with Crippen molar-refractivity contribution < 1.29 is 13.2 Å². The monoisotopic (exact) mass is 618 g/mol. The van der Waals surface area contributed by atoms with Gasteiger partial charge in [-0.05, 0) is 106 Å². The Labute approximate surface area is 191 Å². The number of rotatable bonds is 6. The molecule has 0 aromatic heterocycles. The van der Waals surface area contributed by atoms with Gasteiger partial charge in [-0.25, -0.2) is 8.42 Å². The first-order valence-electron chi connectivity index (χ1n) is 8.25. The molecule has 0 saturated heterocycles. The van der Waals surface area contributed by atoms with Gasteiger partial charge in [-0.3, -0.25) is 9.10 Å². The molecule has 5 nitrogen and oxygen atoms in total. The van der Waals surface area contributed by atoms with Gasteiger partial charge < -0.3 is 5.32 Å². The molecule has 3 aromatic carbocycles. The zero-order valence-electron chi connectivity index (χ0n) is 14.5. The summed E-state index contributed by atoms with van der Waals surface area (Å²) in [6, 6.07) is 22.4. The third-order valence-corrected chi connectivity index (χ3v) is 7.09. The van der Waals surface area contributed by atoms with E-state index in [0.29, 0.717) is 11.4 Å². The van der Waals surface area contributed by atoms with Gasteiger partial charge in [0.25, 0.3) is 10.0 Å². The van der Waals surface area contributed by atoms with Crippen LogP contribution >= 0.6 is 45.2 Å². The van der Waals surface area contributed by atoms with Crippen molar-refractivity contribution in [3.05, 3.63) is 86.0 Å². The summed E-state index contributed by atoms with van der Waals surface area (Å²) in [6.07, 6.45) is 0. The average Bonchev–Trinajstić information content (AvgIpc) is 2.69. The third-order valence-electron chi connectivity index (χ3n) is 3.86. The van der Waals surface area contributed by atoms with Gasteiger partial charge >= 0.3 is 0 Å². The highest BCUT2D eigenvalue weighted by Crippen LogP contribution is 2.24. The van der Waals surface area contributed by atoms with Crippen LogP contribution in [0.1, 0.15) is 0 Å². The fourth-order valence-corrected chi connectivity index (χ4v) is 4.67. The number of nitrogens with one attached hydrogen (secondary N) is 1. The second-order valence-corrected chi connectivity index (χ2v) is 10.2. The first-order chi connectivity index (χ1) is 13.4. The molecule has 0 heterocycles. The van der Waals surface area contributed by atoms with Gasteiger partial charge in [0.2, 0.25) is 5.91 Å². The Kier molecular flexibility index (Phi) is 6.94. The second-order valence-electron chi connectivity index (χ2n) is 5.86. The van der Waals surface area contributed by atoms with Gasteiger partial charge in [-0.15, -0.1) is 0 Å². The minimum atomic E-state index is -3.89. The Morgan fingerprint density at radius 2 is 1.36 bits per heavy atom. The van der Waals surface area contributed by atoms with Gasteiger partial charge in [0.15, 0.2) is 0 Å². The molecule has 0 radical (unpaired) electrons. The molecule has 0 unspecified atom stereocenters. The lowest BCUT2D eigenvalue weighted by atomic mass is 10.3. The van der Waals surface area contributed by atoms with Crippen LogP contribution in [0.15, 0.2) is 83.8 Å².